The monoisotopic (exact) mass is 239 g/mol. The summed E-state index contributed by atoms with van der Waals surface area (Å²) in [6, 6.07) is 4.98. The molecule has 0 fully saturated rings. The first-order chi connectivity index (χ1) is 7.93. The molecule has 0 spiro atoms. The Hall–Kier alpha value is -1.58. The summed E-state index contributed by atoms with van der Waals surface area (Å²) in [5.74, 6) is -0.455. The van der Waals surface area contributed by atoms with Gasteiger partial charge in [-0.25, -0.2) is 4.39 Å². The average Bonchev–Trinajstić information content (AvgIpc) is 2.29. The lowest BCUT2D eigenvalue weighted by molar-refractivity contribution is -0.133. The third-order valence-corrected chi connectivity index (χ3v) is 2.68. The van der Waals surface area contributed by atoms with Crippen molar-refractivity contribution in [2.45, 2.75) is 26.8 Å². The summed E-state index contributed by atoms with van der Waals surface area (Å²) in [4.78, 5) is 13.2. The molecule has 0 atom stereocenters. The lowest BCUT2D eigenvalue weighted by Gasteiger charge is -2.21. The van der Waals surface area contributed by atoms with E-state index >= 15 is 0 Å². The number of aryl methyl sites for hydroxylation is 1. The number of carbonyl (C=O) groups is 1. The highest BCUT2D eigenvalue weighted by molar-refractivity contribution is 5.77. The predicted molar refractivity (Wildman–Crippen MR) is 64.5 cm³/mol. The van der Waals surface area contributed by atoms with E-state index < -0.39 is 5.82 Å². The molecule has 0 heterocycles. The van der Waals surface area contributed by atoms with Gasteiger partial charge in [-0.3, -0.25) is 4.79 Å². The number of nitrogens with zero attached hydrogens (tertiary/aromatic N) is 1. The van der Waals surface area contributed by atoms with E-state index in [0.717, 1.165) is 0 Å². The fourth-order valence-electron chi connectivity index (χ4n) is 1.26. The maximum absolute atomic E-state index is 13.6. The SMILES string of the molecule is Cc1cccc(OCC(=O)N(C)C(C)C)c1F. The van der Waals surface area contributed by atoms with Gasteiger partial charge in [-0.1, -0.05) is 12.1 Å². The van der Waals surface area contributed by atoms with E-state index in [2.05, 4.69) is 0 Å². The second-order valence-electron chi connectivity index (χ2n) is 4.27. The molecule has 0 unspecified atom stereocenters. The molecule has 0 aromatic heterocycles. The normalized spacial score (nSPS) is 10.5. The average molecular weight is 239 g/mol. The summed E-state index contributed by atoms with van der Waals surface area (Å²) in [5.41, 5.74) is 0.507. The Bertz CT molecular complexity index is 404. The fraction of sp³-hybridized carbons (Fsp3) is 0.462. The minimum Gasteiger partial charge on any atom is -0.481 e. The maximum atomic E-state index is 13.6. The Morgan fingerprint density at radius 1 is 1.47 bits per heavy atom. The molecule has 94 valence electrons. The number of benzene rings is 1. The van der Waals surface area contributed by atoms with Crippen molar-refractivity contribution >= 4 is 5.91 Å². The first kappa shape index (κ1) is 13.5. The zero-order valence-corrected chi connectivity index (χ0v) is 10.7. The first-order valence-electron chi connectivity index (χ1n) is 5.57. The van der Waals surface area contributed by atoms with Crippen LogP contribution in [0.25, 0.3) is 0 Å². The molecule has 17 heavy (non-hydrogen) atoms. The maximum Gasteiger partial charge on any atom is 0.260 e. The smallest absolute Gasteiger partial charge is 0.260 e. The van der Waals surface area contributed by atoms with Crippen molar-refractivity contribution in [2.24, 2.45) is 0 Å². The molecule has 0 aliphatic rings. The van der Waals surface area contributed by atoms with Crippen LogP contribution in [0.15, 0.2) is 18.2 Å². The van der Waals surface area contributed by atoms with Gasteiger partial charge in [0, 0.05) is 13.1 Å². The van der Waals surface area contributed by atoms with Gasteiger partial charge in [-0.2, -0.15) is 0 Å². The second-order valence-corrected chi connectivity index (χ2v) is 4.27. The highest BCUT2D eigenvalue weighted by Gasteiger charge is 2.14. The van der Waals surface area contributed by atoms with Gasteiger partial charge in [-0.05, 0) is 32.4 Å². The number of halogens is 1. The lowest BCUT2D eigenvalue weighted by atomic mass is 10.2. The topological polar surface area (TPSA) is 29.5 Å². The van der Waals surface area contributed by atoms with Crippen molar-refractivity contribution in [1.29, 1.82) is 0 Å². The molecule has 0 N–H and O–H groups in total. The van der Waals surface area contributed by atoms with Gasteiger partial charge in [-0.15, -0.1) is 0 Å². The number of ether oxygens (including phenoxy) is 1. The Balaban J connectivity index is 2.62. The lowest BCUT2D eigenvalue weighted by Crippen LogP contribution is -2.36. The van der Waals surface area contributed by atoms with Crippen LogP contribution in [-0.4, -0.2) is 30.5 Å². The van der Waals surface area contributed by atoms with Crippen LogP contribution >= 0.6 is 0 Å². The Kier molecular flexibility index (Phi) is 4.49. The summed E-state index contributed by atoms with van der Waals surface area (Å²) >= 11 is 0. The quantitative estimate of drug-likeness (QED) is 0.807. The zero-order valence-electron chi connectivity index (χ0n) is 10.7. The van der Waals surface area contributed by atoms with Crippen molar-refractivity contribution in [3.63, 3.8) is 0 Å². The molecule has 1 aromatic carbocycles. The van der Waals surface area contributed by atoms with Gasteiger partial charge in [0.1, 0.15) is 0 Å². The van der Waals surface area contributed by atoms with Crippen LogP contribution in [0.2, 0.25) is 0 Å². The summed E-state index contributed by atoms with van der Waals surface area (Å²) in [6.45, 7) is 5.33. The van der Waals surface area contributed by atoms with E-state index in [1.54, 1.807) is 31.0 Å². The van der Waals surface area contributed by atoms with Gasteiger partial charge >= 0.3 is 0 Å². The molecule has 0 bridgehead atoms. The van der Waals surface area contributed by atoms with Gasteiger partial charge in [0.15, 0.2) is 18.2 Å². The van der Waals surface area contributed by atoms with E-state index in [1.165, 1.54) is 6.07 Å². The van der Waals surface area contributed by atoms with E-state index in [1.807, 2.05) is 13.8 Å². The van der Waals surface area contributed by atoms with Crippen LogP contribution in [0.4, 0.5) is 4.39 Å². The third kappa shape index (κ3) is 3.44. The largest absolute Gasteiger partial charge is 0.481 e. The van der Waals surface area contributed by atoms with Gasteiger partial charge in [0.05, 0.1) is 0 Å². The van der Waals surface area contributed by atoms with Crippen molar-refractivity contribution in [2.75, 3.05) is 13.7 Å². The minimum atomic E-state index is -0.410. The molecule has 4 heteroatoms. The van der Waals surface area contributed by atoms with E-state index in [0.29, 0.717) is 5.56 Å². The van der Waals surface area contributed by atoms with Crippen molar-refractivity contribution in [1.82, 2.24) is 4.90 Å². The highest BCUT2D eigenvalue weighted by Crippen LogP contribution is 2.19. The summed E-state index contributed by atoms with van der Waals surface area (Å²) in [6.07, 6.45) is 0. The minimum absolute atomic E-state index is 0.105. The van der Waals surface area contributed by atoms with Crippen LogP contribution in [-0.2, 0) is 4.79 Å². The molecule has 1 aromatic rings. The Morgan fingerprint density at radius 3 is 2.71 bits per heavy atom. The number of hydrogen-bond acceptors (Lipinski definition) is 2. The summed E-state index contributed by atoms with van der Waals surface area (Å²) < 4.78 is 18.7. The summed E-state index contributed by atoms with van der Waals surface area (Å²) in [7, 11) is 1.70. The Morgan fingerprint density at radius 2 is 2.12 bits per heavy atom. The van der Waals surface area contributed by atoms with E-state index in [-0.39, 0.29) is 24.3 Å². The van der Waals surface area contributed by atoms with Crippen LogP contribution in [0, 0.1) is 12.7 Å². The van der Waals surface area contributed by atoms with E-state index in [4.69, 9.17) is 4.74 Å². The molecule has 1 amide bonds. The standard InChI is InChI=1S/C13H18FNO2/c1-9(2)15(4)12(16)8-17-11-7-5-6-10(3)13(11)14/h5-7,9H,8H2,1-4H3. The fourth-order valence-corrected chi connectivity index (χ4v) is 1.26. The van der Waals surface area contributed by atoms with E-state index in [9.17, 15) is 9.18 Å². The molecule has 0 aliphatic heterocycles. The number of rotatable bonds is 4. The number of carbonyl (C=O) groups excluding carboxylic acids is 1. The van der Waals surface area contributed by atoms with Gasteiger partial charge in [0.25, 0.3) is 5.91 Å². The molecule has 0 saturated heterocycles. The van der Waals surface area contributed by atoms with Crippen molar-refractivity contribution < 1.29 is 13.9 Å². The van der Waals surface area contributed by atoms with Crippen molar-refractivity contribution in [3.8, 4) is 5.75 Å². The van der Waals surface area contributed by atoms with Crippen LogP contribution in [0.1, 0.15) is 19.4 Å². The molecule has 3 nitrogen and oxygen atoms in total. The molecule has 0 radical (unpaired) electrons. The number of hydrogen-bond donors (Lipinski definition) is 0. The summed E-state index contributed by atoms with van der Waals surface area (Å²) in [5, 5.41) is 0. The molecule has 1 rings (SSSR count). The number of likely N-dealkylation sites (N-methyl/N-ethyl adjacent to an activating group) is 1. The second kappa shape index (κ2) is 5.66. The van der Waals surface area contributed by atoms with Crippen LogP contribution < -0.4 is 4.74 Å². The molecule has 0 aliphatic carbocycles. The van der Waals surface area contributed by atoms with Gasteiger partial charge < -0.3 is 9.64 Å². The predicted octanol–water partition coefficient (Wildman–Crippen LogP) is 2.38. The zero-order chi connectivity index (χ0) is 13.0. The Labute approximate surface area is 101 Å². The van der Waals surface area contributed by atoms with Crippen molar-refractivity contribution in [3.05, 3.63) is 29.6 Å². The molecular weight excluding hydrogens is 221 g/mol. The van der Waals surface area contributed by atoms with Crippen LogP contribution in [0.3, 0.4) is 0 Å². The third-order valence-electron chi connectivity index (χ3n) is 2.68. The first-order valence-corrected chi connectivity index (χ1v) is 5.57. The molecule has 0 saturated carbocycles. The number of amides is 1. The highest BCUT2D eigenvalue weighted by atomic mass is 19.1. The molecular formula is C13H18FNO2. The van der Waals surface area contributed by atoms with Gasteiger partial charge in [0.2, 0.25) is 0 Å². The van der Waals surface area contributed by atoms with Crippen LogP contribution in [0.5, 0.6) is 5.75 Å².